The second kappa shape index (κ2) is 8.39. The van der Waals surface area contributed by atoms with Gasteiger partial charge in [-0.15, -0.1) is 5.10 Å². The van der Waals surface area contributed by atoms with Crippen molar-refractivity contribution in [3.05, 3.63) is 35.9 Å². The summed E-state index contributed by atoms with van der Waals surface area (Å²) in [6.45, 7) is 11.7. The first-order chi connectivity index (χ1) is 12.9. The molecule has 1 fully saturated rings. The number of thioether (sulfide) groups is 1. The van der Waals surface area contributed by atoms with Gasteiger partial charge in [-0.05, 0) is 43.7 Å². The van der Waals surface area contributed by atoms with Crippen molar-refractivity contribution in [3.63, 3.8) is 0 Å². The monoisotopic (exact) mass is 388 g/mol. The first kappa shape index (κ1) is 19.8. The molecular formula is C19H28N6OS. The topological polar surface area (TPSA) is 67.2 Å². The first-order valence-corrected chi connectivity index (χ1v) is 10.3. The van der Waals surface area contributed by atoms with E-state index in [4.69, 9.17) is 0 Å². The maximum atomic E-state index is 12.6. The summed E-state index contributed by atoms with van der Waals surface area (Å²) >= 11 is 1.41. The Kier molecular flexibility index (Phi) is 6.16. The number of tetrazole rings is 1. The molecule has 2 heterocycles. The molecule has 0 saturated carbocycles. The maximum absolute atomic E-state index is 12.6. The molecule has 1 atom stereocenters. The van der Waals surface area contributed by atoms with E-state index in [1.165, 1.54) is 17.3 Å². The highest BCUT2D eigenvalue weighted by atomic mass is 32.2. The Morgan fingerprint density at radius 2 is 1.81 bits per heavy atom. The summed E-state index contributed by atoms with van der Waals surface area (Å²) in [4.78, 5) is 17.0. The van der Waals surface area contributed by atoms with E-state index < -0.39 is 0 Å². The van der Waals surface area contributed by atoms with Crippen molar-refractivity contribution in [1.29, 1.82) is 0 Å². The Morgan fingerprint density at radius 3 is 2.44 bits per heavy atom. The van der Waals surface area contributed by atoms with Crippen LogP contribution in [0.2, 0.25) is 0 Å². The van der Waals surface area contributed by atoms with Gasteiger partial charge in [0.2, 0.25) is 11.1 Å². The molecule has 1 aliphatic rings. The van der Waals surface area contributed by atoms with Crippen LogP contribution in [-0.4, -0.2) is 67.8 Å². The number of amides is 1. The second-order valence-electron chi connectivity index (χ2n) is 7.84. The van der Waals surface area contributed by atoms with Gasteiger partial charge < -0.3 is 4.90 Å². The number of piperazine rings is 1. The summed E-state index contributed by atoms with van der Waals surface area (Å²) in [6.07, 6.45) is 0. The van der Waals surface area contributed by atoms with E-state index in [-0.39, 0.29) is 11.4 Å². The summed E-state index contributed by atoms with van der Waals surface area (Å²) in [7, 11) is 0. The van der Waals surface area contributed by atoms with Crippen LogP contribution in [0.1, 0.15) is 39.3 Å². The fraction of sp³-hybridized carbons (Fsp3) is 0.579. The van der Waals surface area contributed by atoms with Gasteiger partial charge in [-0.2, -0.15) is 0 Å². The lowest BCUT2D eigenvalue weighted by atomic mass is 10.1. The third kappa shape index (κ3) is 4.87. The predicted octanol–water partition coefficient (Wildman–Crippen LogP) is 2.43. The number of rotatable bonds is 5. The lowest BCUT2D eigenvalue weighted by Crippen LogP contribution is -2.49. The van der Waals surface area contributed by atoms with Crippen LogP contribution >= 0.6 is 11.8 Å². The van der Waals surface area contributed by atoms with E-state index >= 15 is 0 Å². The zero-order valence-electron chi connectivity index (χ0n) is 16.5. The highest BCUT2D eigenvalue weighted by Gasteiger charge is 2.26. The molecule has 0 radical (unpaired) electrons. The van der Waals surface area contributed by atoms with Crippen molar-refractivity contribution < 1.29 is 4.79 Å². The third-order valence-corrected chi connectivity index (χ3v) is 5.80. The van der Waals surface area contributed by atoms with Crippen molar-refractivity contribution in [1.82, 2.24) is 30.0 Å². The van der Waals surface area contributed by atoms with Gasteiger partial charge >= 0.3 is 0 Å². The van der Waals surface area contributed by atoms with Gasteiger partial charge in [0.25, 0.3) is 0 Å². The SMILES string of the molecule is C[C@@H](c1ccccc1)N1CCN(C(=O)CSc2nnnn2C(C)(C)C)CC1. The molecular weight excluding hydrogens is 360 g/mol. The summed E-state index contributed by atoms with van der Waals surface area (Å²) in [5.41, 5.74) is 1.12. The van der Waals surface area contributed by atoms with Gasteiger partial charge in [0, 0.05) is 32.2 Å². The quantitative estimate of drug-likeness (QED) is 0.733. The Morgan fingerprint density at radius 1 is 1.15 bits per heavy atom. The van der Waals surface area contributed by atoms with Crippen LogP contribution in [0.25, 0.3) is 0 Å². The van der Waals surface area contributed by atoms with Crippen molar-refractivity contribution in [3.8, 4) is 0 Å². The smallest absolute Gasteiger partial charge is 0.233 e. The molecule has 7 nitrogen and oxygen atoms in total. The van der Waals surface area contributed by atoms with E-state index in [9.17, 15) is 4.79 Å². The number of benzene rings is 1. The van der Waals surface area contributed by atoms with Crippen LogP contribution < -0.4 is 0 Å². The minimum Gasteiger partial charge on any atom is -0.339 e. The van der Waals surface area contributed by atoms with E-state index in [1.807, 2.05) is 31.7 Å². The van der Waals surface area contributed by atoms with Crippen LogP contribution in [0.4, 0.5) is 0 Å². The Balaban J connectivity index is 1.50. The fourth-order valence-electron chi connectivity index (χ4n) is 3.21. The van der Waals surface area contributed by atoms with Gasteiger partial charge in [-0.3, -0.25) is 9.69 Å². The molecule has 0 unspecified atom stereocenters. The zero-order valence-corrected chi connectivity index (χ0v) is 17.3. The number of carbonyl (C=O) groups is 1. The molecule has 2 aromatic rings. The van der Waals surface area contributed by atoms with Gasteiger partial charge in [0.1, 0.15) is 0 Å². The molecule has 0 aliphatic carbocycles. The van der Waals surface area contributed by atoms with Crippen molar-refractivity contribution in [2.75, 3.05) is 31.9 Å². The third-order valence-electron chi connectivity index (χ3n) is 4.90. The van der Waals surface area contributed by atoms with E-state index in [0.717, 1.165) is 26.2 Å². The lowest BCUT2D eigenvalue weighted by molar-refractivity contribution is -0.130. The molecule has 3 rings (SSSR count). The van der Waals surface area contributed by atoms with E-state index in [1.54, 1.807) is 4.68 Å². The number of aromatic nitrogens is 4. The average molecular weight is 389 g/mol. The molecule has 0 N–H and O–H groups in total. The minimum absolute atomic E-state index is 0.149. The van der Waals surface area contributed by atoms with Gasteiger partial charge in [-0.1, -0.05) is 42.1 Å². The predicted molar refractivity (Wildman–Crippen MR) is 107 cm³/mol. The molecule has 8 heteroatoms. The van der Waals surface area contributed by atoms with E-state index in [2.05, 4.69) is 51.6 Å². The Labute approximate surface area is 165 Å². The number of carbonyl (C=O) groups excluding carboxylic acids is 1. The van der Waals surface area contributed by atoms with Crippen molar-refractivity contribution in [2.24, 2.45) is 0 Å². The molecule has 1 aromatic carbocycles. The highest BCUT2D eigenvalue weighted by Crippen LogP contribution is 2.23. The van der Waals surface area contributed by atoms with Crippen LogP contribution in [0, 0.1) is 0 Å². The molecule has 146 valence electrons. The van der Waals surface area contributed by atoms with Crippen molar-refractivity contribution in [2.45, 2.75) is 44.4 Å². The largest absolute Gasteiger partial charge is 0.339 e. The lowest BCUT2D eigenvalue weighted by Gasteiger charge is -2.38. The molecule has 1 saturated heterocycles. The Bertz CT molecular complexity index is 749. The zero-order chi connectivity index (χ0) is 19.4. The second-order valence-corrected chi connectivity index (χ2v) is 8.78. The van der Waals surface area contributed by atoms with Gasteiger partial charge in [0.15, 0.2) is 0 Å². The molecule has 1 aromatic heterocycles. The Hall–Kier alpha value is -1.93. The summed E-state index contributed by atoms with van der Waals surface area (Å²) in [5.74, 6) is 0.514. The summed E-state index contributed by atoms with van der Waals surface area (Å²) in [5, 5.41) is 12.5. The number of nitrogens with zero attached hydrogens (tertiary/aromatic N) is 6. The highest BCUT2D eigenvalue weighted by molar-refractivity contribution is 7.99. The van der Waals surface area contributed by atoms with Crippen LogP contribution in [-0.2, 0) is 10.3 Å². The fourth-order valence-corrected chi connectivity index (χ4v) is 4.17. The summed E-state index contributed by atoms with van der Waals surface area (Å²) in [6, 6.07) is 10.9. The van der Waals surface area contributed by atoms with Crippen molar-refractivity contribution >= 4 is 17.7 Å². The molecule has 0 bridgehead atoms. The number of hydrogen-bond acceptors (Lipinski definition) is 6. The first-order valence-electron chi connectivity index (χ1n) is 9.34. The van der Waals surface area contributed by atoms with Gasteiger partial charge in [-0.25, -0.2) is 4.68 Å². The molecule has 0 spiro atoms. The van der Waals surface area contributed by atoms with Crippen LogP contribution in [0.15, 0.2) is 35.5 Å². The maximum Gasteiger partial charge on any atom is 0.233 e. The minimum atomic E-state index is -0.200. The normalized spacial score (nSPS) is 17.1. The summed E-state index contributed by atoms with van der Waals surface area (Å²) < 4.78 is 1.77. The molecule has 1 aliphatic heterocycles. The standard InChI is InChI=1S/C19H28N6OS/c1-15(16-8-6-5-7-9-16)23-10-12-24(13-11-23)17(26)14-27-18-20-21-22-25(18)19(2,3)4/h5-9,15H,10-14H2,1-4H3/t15-/m0/s1. The van der Waals surface area contributed by atoms with E-state index in [0.29, 0.717) is 17.0 Å². The van der Waals surface area contributed by atoms with Gasteiger partial charge in [0.05, 0.1) is 11.3 Å². The van der Waals surface area contributed by atoms with Crippen LogP contribution in [0.3, 0.4) is 0 Å². The number of hydrogen-bond donors (Lipinski definition) is 0. The van der Waals surface area contributed by atoms with Crippen LogP contribution in [0.5, 0.6) is 0 Å². The molecule has 1 amide bonds. The average Bonchev–Trinajstić information content (AvgIpc) is 3.15. The molecule has 27 heavy (non-hydrogen) atoms.